The van der Waals surface area contributed by atoms with Crippen molar-refractivity contribution in [2.75, 3.05) is 6.79 Å². The first-order valence-corrected chi connectivity index (χ1v) is 11.8. The number of para-hydroxylation sites is 2. The van der Waals surface area contributed by atoms with Crippen molar-refractivity contribution in [3.8, 4) is 22.8 Å². The van der Waals surface area contributed by atoms with E-state index in [4.69, 9.17) is 18.9 Å². The Labute approximate surface area is 201 Å². The van der Waals surface area contributed by atoms with Crippen molar-refractivity contribution in [2.45, 2.75) is 13.5 Å². The van der Waals surface area contributed by atoms with Crippen molar-refractivity contribution >= 4 is 38.5 Å². The van der Waals surface area contributed by atoms with Crippen molar-refractivity contribution in [1.82, 2.24) is 4.57 Å². The first kappa shape index (κ1) is 19.9. The van der Waals surface area contributed by atoms with E-state index >= 15 is 0 Å². The maximum absolute atomic E-state index is 6.27. The normalized spacial score (nSPS) is 13.3. The van der Waals surface area contributed by atoms with Crippen LogP contribution in [0.1, 0.15) is 6.92 Å². The average Bonchev–Trinajstić information content (AvgIpc) is 3.50. The van der Waals surface area contributed by atoms with Crippen LogP contribution in [0.25, 0.3) is 44.1 Å². The zero-order valence-electron chi connectivity index (χ0n) is 19.2. The van der Waals surface area contributed by atoms with Gasteiger partial charge in [-0.2, -0.15) is 0 Å². The van der Waals surface area contributed by atoms with Gasteiger partial charge in [-0.3, -0.25) is 0 Å². The molecular formula is C30H22N2O3. The van der Waals surface area contributed by atoms with Crippen molar-refractivity contribution in [1.29, 1.82) is 0 Å². The fourth-order valence-corrected chi connectivity index (χ4v) is 4.99. The summed E-state index contributed by atoms with van der Waals surface area (Å²) in [7, 11) is 0. The average molecular weight is 459 g/mol. The number of benzene rings is 4. The molecule has 170 valence electrons. The highest BCUT2D eigenvalue weighted by atomic mass is 16.7. The van der Waals surface area contributed by atoms with E-state index in [1.54, 1.807) is 0 Å². The van der Waals surface area contributed by atoms with Crippen LogP contribution < -0.4 is 14.8 Å². The Morgan fingerprint density at radius 2 is 1.54 bits per heavy atom. The van der Waals surface area contributed by atoms with Gasteiger partial charge in [-0.05, 0) is 55.5 Å². The molecule has 7 rings (SSSR count). The third-order valence-electron chi connectivity index (χ3n) is 6.63. The summed E-state index contributed by atoms with van der Waals surface area (Å²) in [5.74, 6) is 2.20. The Balaban J connectivity index is 1.44. The van der Waals surface area contributed by atoms with Crippen molar-refractivity contribution in [3.05, 3.63) is 96.4 Å². The topological polar surface area (TPSA) is 48.9 Å². The van der Waals surface area contributed by atoms with Crippen LogP contribution in [0.2, 0.25) is 0 Å². The zero-order valence-corrected chi connectivity index (χ0v) is 19.2. The molecule has 3 heterocycles. The molecule has 1 aliphatic rings. The van der Waals surface area contributed by atoms with Crippen LogP contribution in [0.15, 0.2) is 100 Å². The van der Waals surface area contributed by atoms with E-state index in [0.29, 0.717) is 0 Å². The number of ether oxygens (including phenoxy) is 2. The zero-order chi connectivity index (χ0) is 23.4. The lowest BCUT2D eigenvalue weighted by atomic mass is 10.1. The molecular weight excluding hydrogens is 436 g/mol. The molecule has 0 saturated heterocycles. The van der Waals surface area contributed by atoms with Gasteiger partial charge in [-0.25, -0.2) is 4.99 Å². The van der Waals surface area contributed by atoms with Crippen LogP contribution in [0.4, 0.5) is 5.69 Å². The van der Waals surface area contributed by atoms with Crippen molar-refractivity contribution in [3.63, 3.8) is 0 Å². The molecule has 0 amide bonds. The minimum absolute atomic E-state index is 0.241. The van der Waals surface area contributed by atoms with E-state index in [1.807, 2.05) is 48.5 Å². The Bertz CT molecular complexity index is 1830. The standard InChI is InChI=1S/C30H22N2O3/c1-2-32-25-9-5-3-7-21(25)22-13-12-20(16-26(22)32)31-24-17-29(35-27-10-6-4-8-23(24)27)19-11-14-28-30(15-19)34-18-33-28/h3-17H,2,18H2,1H3. The van der Waals surface area contributed by atoms with Crippen molar-refractivity contribution in [2.24, 2.45) is 4.99 Å². The predicted octanol–water partition coefficient (Wildman–Crippen LogP) is 7.19. The Hall–Kier alpha value is -4.51. The highest BCUT2D eigenvalue weighted by molar-refractivity contribution is 6.08. The highest BCUT2D eigenvalue weighted by Crippen LogP contribution is 2.36. The number of hydrogen-bond donors (Lipinski definition) is 0. The molecule has 0 fully saturated rings. The highest BCUT2D eigenvalue weighted by Gasteiger charge is 2.16. The Morgan fingerprint density at radius 1 is 0.743 bits per heavy atom. The van der Waals surface area contributed by atoms with Gasteiger partial charge in [0.1, 0.15) is 11.3 Å². The van der Waals surface area contributed by atoms with Crippen LogP contribution in [0, 0.1) is 0 Å². The van der Waals surface area contributed by atoms with Crippen LogP contribution >= 0.6 is 0 Å². The van der Waals surface area contributed by atoms with Crippen LogP contribution in [-0.2, 0) is 6.54 Å². The molecule has 0 aliphatic carbocycles. The van der Waals surface area contributed by atoms with Gasteiger partial charge in [0.15, 0.2) is 11.5 Å². The van der Waals surface area contributed by atoms with Gasteiger partial charge in [0.25, 0.3) is 0 Å². The lowest BCUT2D eigenvalue weighted by Gasteiger charge is -2.06. The van der Waals surface area contributed by atoms with Crippen LogP contribution in [0.5, 0.6) is 11.5 Å². The molecule has 0 radical (unpaired) electrons. The first-order valence-electron chi connectivity index (χ1n) is 11.8. The second kappa shape index (κ2) is 7.77. The summed E-state index contributed by atoms with van der Waals surface area (Å²) in [4.78, 5) is 5.09. The summed E-state index contributed by atoms with van der Waals surface area (Å²) in [5, 5.41) is 4.34. The number of aromatic nitrogens is 1. The molecule has 35 heavy (non-hydrogen) atoms. The van der Waals surface area contributed by atoms with Crippen molar-refractivity contribution < 1.29 is 13.9 Å². The lowest BCUT2D eigenvalue weighted by Crippen LogP contribution is -2.03. The largest absolute Gasteiger partial charge is 0.456 e. The maximum atomic E-state index is 6.27. The van der Waals surface area contributed by atoms with Crippen LogP contribution in [0.3, 0.4) is 0 Å². The molecule has 0 N–H and O–H groups in total. The third-order valence-corrected chi connectivity index (χ3v) is 6.63. The summed E-state index contributed by atoms with van der Waals surface area (Å²) in [6.45, 7) is 3.32. The summed E-state index contributed by atoms with van der Waals surface area (Å²) >= 11 is 0. The summed E-state index contributed by atoms with van der Waals surface area (Å²) in [6, 6.07) is 30.9. The monoisotopic (exact) mass is 458 g/mol. The smallest absolute Gasteiger partial charge is 0.231 e. The van der Waals surface area contributed by atoms with Gasteiger partial charge in [0, 0.05) is 39.8 Å². The van der Waals surface area contributed by atoms with E-state index in [9.17, 15) is 0 Å². The lowest BCUT2D eigenvalue weighted by molar-refractivity contribution is 0.174. The number of hydrogen-bond acceptors (Lipinski definition) is 4. The predicted molar refractivity (Wildman–Crippen MR) is 138 cm³/mol. The Morgan fingerprint density at radius 3 is 2.46 bits per heavy atom. The summed E-state index contributed by atoms with van der Waals surface area (Å²) in [6.07, 6.45) is 0. The molecule has 6 aromatic rings. The number of rotatable bonds is 3. The molecule has 0 atom stereocenters. The fraction of sp³-hybridized carbons (Fsp3) is 0.100. The number of fused-ring (bicyclic) bond motifs is 5. The summed E-state index contributed by atoms with van der Waals surface area (Å²) in [5.41, 5.74) is 5.04. The molecule has 0 unspecified atom stereocenters. The molecule has 5 nitrogen and oxygen atoms in total. The number of aryl methyl sites for hydroxylation is 1. The molecule has 4 aromatic carbocycles. The summed E-state index contributed by atoms with van der Waals surface area (Å²) < 4.78 is 19.7. The fourth-order valence-electron chi connectivity index (χ4n) is 4.99. The third kappa shape index (κ3) is 3.20. The van der Waals surface area contributed by atoms with E-state index in [-0.39, 0.29) is 6.79 Å². The molecule has 0 bridgehead atoms. The van der Waals surface area contributed by atoms with E-state index in [0.717, 1.165) is 51.4 Å². The second-order valence-corrected chi connectivity index (χ2v) is 8.63. The molecule has 5 heteroatoms. The SMILES string of the molecule is CCn1c2ccccc2c2ccc(N=c3cc(-c4ccc5c(c4)OCO5)oc4ccccc34)cc21. The molecule has 1 aliphatic heterocycles. The van der Waals surface area contributed by atoms with E-state index in [1.165, 1.54) is 21.8 Å². The van der Waals surface area contributed by atoms with Gasteiger partial charge in [-0.1, -0.05) is 36.4 Å². The molecule has 0 spiro atoms. The second-order valence-electron chi connectivity index (χ2n) is 8.63. The van der Waals surface area contributed by atoms with Crippen LogP contribution in [-0.4, -0.2) is 11.4 Å². The Kier molecular flexibility index (Phi) is 4.42. The molecule has 0 saturated carbocycles. The maximum Gasteiger partial charge on any atom is 0.231 e. The quantitative estimate of drug-likeness (QED) is 0.282. The molecule has 2 aromatic heterocycles. The van der Waals surface area contributed by atoms with Gasteiger partial charge >= 0.3 is 0 Å². The van der Waals surface area contributed by atoms with Gasteiger partial charge in [0.2, 0.25) is 6.79 Å². The number of nitrogens with zero attached hydrogens (tertiary/aromatic N) is 2. The first-order chi connectivity index (χ1) is 17.3. The minimum Gasteiger partial charge on any atom is -0.456 e. The van der Waals surface area contributed by atoms with Gasteiger partial charge < -0.3 is 18.5 Å². The minimum atomic E-state index is 0.241. The van der Waals surface area contributed by atoms with E-state index in [2.05, 4.69) is 54.0 Å². The van der Waals surface area contributed by atoms with E-state index < -0.39 is 0 Å². The van der Waals surface area contributed by atoms with Gasteiger partial charge in [-0.15, -0.1) is 0 Å². The van der Waals surface area contributed by atoms with Gasteiger partial charge in [0.05, 0.1) is 16.6 Å².